The Bertz CT molecular complexity index is 625. The van der Waals surface area contributed by atoms with Crippen LogP contribution in [0.25, 0.3) is 0 Å². The highest BCUT2D eigenvalue weighted by atomic mass is 16.5. The van der Waals surface area contributed by atoms with E-state index in [1.165, 1.54) is 43.2 Å². The van der Waals surface area contributed by atoms with Crippen molar-refractivity contribution in [2.75, 3.05) is 20.3 Å². The minimum Gasteiger partial charge on any atom is -0.497 e. The average molecular weight is 326 g/mol. The van der Waals surface area contributed by atoms with Gasteiger partial charge >= 0.3 is 0 Å². The lowest BCUT2D eigenvalue weighted by Crippen LogP contribution is -2.30. The third-order valence-electron chi connectivity index (χ3n) is 5.12. The third-order valence-corrected chi connectivity index (χ3v) is 5.12. The Kier molecular flexibility index (Phi) is 5.41. The predicted octanol–water partition coefficient (Wildman–Crippen LogP) is 4.32. The van der Waals surface area contributed by atoms with Crippen LogP contribution in [0.5, 0.6) is 11.5 Å². The minimum absolute atomic E-state index is 0.0392. The van der Waals surface area contributed by atoms with Gasteiger partial charge < -0.3 is 14.6 Å². The van der Waals surface area contributed by atoms with Gasteiger partial charge in [-0.3, -0.25) is 0 Å². The number of rotatable bonds is 6. The van der Waals surface area contributed by atoms with E-state index in [1.807, 2.05) is 12.1 Å². The Hall–Kier alpha value is -2.00. The highest BCUT2D eigenvalue weighted by Crippen LogP contribution is 2.45. The lowest BCUT2D eigenvalue weighted by molar-refractivity contribution is 0.201. The van der Waals surface area contributed by atoms with Crippen LogP contribution >= 0.6 is 0 Å². The highest BCUT2D eigenvalue weighted by Gasteiger charge is 2.35. The zero-order valence-electron chi connectivity index (χ0n) is 14.3. The molecule has 0 saturated heterocycles. The molecule has 1 aliphatic carbocycles. The largest absolute Gasteiger partial charge is 0.497 e. The van der Waals surface area contributed by atoms with Gasteiger partial charge in [0.15, 0.2) is 0 Å². The SMILES string of the molecule is COc1ccc(C2(c3ccc(OCCO)cc3)CCCCC2)cc1. The molecule has 0 bridgehead atoms. The zero-order valence-corrected chi connectivity index (χ0v) is 14.3. The molecule has 3 rings (SSSR count). The molecule has 0 atom stereocenters. The number of methoxy groups -OCH3 is 1. The van der Waals surface area contributed by atoms with Gasteiger partial charge in [-0.05, 0) is 48.2 Å². The van der Waals surface area contributed by atoms with Crippen molar-refractivity contribution in [3.63, 3.8) is 0 Å². The fraction of sp³-hybridized carbons (Fsp3) is 0.429. The molecule has 24 heavy (non-hydrogen) atoms. The van der Waals surface area contributed by atoms with Crippen LogP contribution < -0.4 is 9.47 Å². The molecule has 1 fully saturated rings. The number of aliphatic hydroxyl groups is 1. The van der Waals surface area contributed by atoms with Gasteiger partial charge in [0.1, 0.15) is 18.1 Å². The smallest absolute Gasteiger partial charge is 0.119 e. The zero-order chi connectivity index (χ0) is 16.8. The number of benzene rings is 2. The second-order valence-corrected chi connectivity index (χ2v) is 6.47. The summed E-state index contributed by atoms with van der Waals surface area (Å²) in [6.45, 7) is 0.376. The lowest BCUT2D eigenvalue weighted by Gasteiger charge is -2.38. The molecule has 2 aromatic carbocycles. The van der Waals surface area contributed by atoms with E-state index in [2.05, 4.69) is 36.4 Å². The van der Waals surface area contributed by atoms with E-state index in [0.29, 0.717) is 6.61 Å². The van der Waals surface area contributed by atoms with Gasteiger partial charge in [0.05, 0.1) is 13.7 Å². The van der Waals surface area contributed by atoms with Crippen molar-refractivity contribution in [2.24, 2.45) is 0 Å². The predicted molar refractivity (Wildman–Crippen MR) is 95.9 cm³/mol. The molecule has 0 amide bonds. The van der Waals surface area contributed by atoms with E-state index >= 15 is 0 Å². The van der Waals surface area contributed by atoms with Crippen LogP contribution in [-0.2, 0) is 5.41 Å². The fourth-order valence-corrected chi connectivity index (χ4v) is 3.84. The van der Waals surface area contributed by atoms with Crippen LogP contribution in [0.4, 0.5) is 0 Å². The number of ether oxygens (including phenoxy) is 2. The van der Waals surface area contributed by atoms with Gasteiger partial charge in [0.25, 0.3) is 0 Å². The third kappa shape index (κ3) is 3.41. The van der Waals surface area contributed by atoms with Gasteiger partial charge in [0.2, 0.25) is 0 Å². The normalized spacial score (nSPS) is 16.6. The molecule has 0 aliphatic heterocycles. The van der Waals surface area contributed by atoms with Crippen molar-refractivity contribution in [3.8, 4) is 11.5 Å². The second kappa shape index (κ2) is 7.71. The molecule has 128 valence electrons. The van der Waals surface area contributed by atoms with E-state index in [-0.39, 0.29) is 12.0 Å². The summed E-state index contributed by atoms with van der Waals surface area (Å²) in [5.41, 5.74) is 2.80. The van der Waals surface area contributed by atoms with Crippen LogP contribution in [0.2, 0.25) is 0 Å². The molecule has 0 aromatic heterocycles. The molecule has 0 radical (unpaired) electrons. The molecule has 3 nitrogen and oxygen atoms in total. The standard InChI is InChI=1S/C21H26O3/c1-23-19-9-5-17(6-10-19)21(13-3-2-4-14-21)18-7-11-20(12-8-18)24-16-15-22/h5-12,22H,2-4,13-16H2,1H3. The summed E-state index contributed by atoms with van der Waals surface area (Å²) >= 11 is 0. The fourth-order valence-electron chi connectivity index (χ4n) is 3.84. The molecule has 2 aromatic rings. The molecule has 0 heterocycles. The van der Waals surface area contributed by atoms with Gasteiger partial charge in [-0.25, -0.2) is 0 Å². The summed E-state index contributed by atoms with van der Waals surface area (Å²) in [6.07, 6.45) is 6.19. The van der Waals surface area contributed by atoms with Crippen molar-refractivity contribution in [2.45, 2.75) is 37.5 Å². The van der Waals surface area contributed by atoms with Crippen LogP contribution in [-0.4, -0.2) is 25.4 Å². The van der Waals surface area contributed by atoms with Crippen molar-refractivity contribution < 1.29 is 14.6 Å². The van der Waals surface area contributed by atoms with Crippen LogP contribution in [0.1, 0.15) is 43.2 Å². The van der Waals surface area contributed by atoms with Crippen LogP contribution in [0.3, 0.4) is 0 Å². The van der Waals surface area contributed by atoms with Crippen molar-refractivity contribution in [1.29, 1.82) is 0 Å². The Morgan fingerprint density at radius 1 is 0.833 bits per heavy atom. The Balaban J connectivity index is 1.92. The summed E-state index contributed by atoms with van der Waals surface area (Å²) in [6, 6.07) is 16.9. The summed E-state index contributed by atoms with van der Waals surface area (Å²) in [5.74, 6) is 1.71. The molecular formula is C21H26O3. The first-order valence-corrected chi connectivity index (χ1v) is 8.77. The quantitative estimate of drug-likeness (QED) is 0.859. The number of hydrogen-bond donors (Lipinski definition) is 1. The van der Waals surface area contributed by atoms with E-state index in [1.54, 1.807) is 7.11 Å². The monoisotopic (exact) mass is 326 g/mol. The maximum absolute atomic E-state index is 8.88. The Labute approximate surface area is 144 Å². The first-order valence-electron chi connectivity index (χ1n) is 8.77. The molecule has 1 saturated carbocycles. The topological polar surface area (TPSA) is 38.7 Å². The molecule has 0 unspecified atom stereocenters. The average Bonchev–Trinajstić information content (AvgIpc) is 2.67. The molecule has 1 aliphatic rings. The maximum Gasteiger partial charge on any atom is 0.119 e. The first-order chi connectivity index (χ1) is 11.8. The lowest BCUT2D eigenvalue weighted by atomic mass is 9.65. The summed E-state index contributed by atoms with van der Waals surface area (Å²) < 4.78 is 10.8. The molecule has 0 spiro atoms. The highest BCUT2D eigenvalue weighted by molar-refractivity contribution is 5.43. The van der Waals surface area contributed by atoms with Crippen LogP contribution in [0, 0.1) is 0 Å². The van der Waals surface area contributed by atoms with E-state index < -0.39 is 0 Å². The number of hydrogen-bond acceptors (Lipinski definition) is 3. The minimum atomic E-state index is 0.0392. The van der Waals surface area contributed by atoms with Gasteiger partial charge in [-0.1, -0.05) is 43.5 Å². The first kappa shape index (κ1) is 16.8. The van der Waals surface area contributed by atoms with E-state index in [9.17, 15) is 0 Å². The van der Waals surface area contributed by atoms with Crippen molar-refractivity contribution in [1.82, 2.24) is 0 Å². The van der Waals surface area contributed by atoms with Crippen molar-refractivity contribution >= 4 is 0 Å². The second-order valence-electron chi connectivity index (χ2n) is 6.47. The summed E-state index contributed by atoms with van der Waals surface area (Å²) in [4.78, 5) is 0. The Morgan fingerprint density at radius 3 is 1.88 bits per heavy atom. The Morgan fingerprint density at radius 2 is 1.38 bits per heavy atom. The molecule has 1 N–H and O–H groups in total. The van der Waals surface area contributed by atoms with E-state index in [0.717, 1.165) is 11.5 Å². The molecular weight excluding hydrogens is 300 g/mol. The summed E-state index contributed by atoms with van der Waals surface area (Å²) in [5, 5.41) is 8.88. The summed E-state index contributed by atoms with van der Waals surface area (Å²) in [7, 11) is 1.70. The maximum atomic E-state index is 8.88. The van der Waals surface area contributed by atoms with Crippen LogP contribution in [0.15, 0.2) is 48.5 Å². The van der Waals surface area contributed by atoms with E-state index in [4.69, 9.17) is 14.6 Å². The van der Waals surface area contributed by atoms with Crippen molar-refractivity contribution in [3.05, 3.63) is 59.7 Å². The number of aliphatic hydroxyl groups excluding tert-OH is 1. The van der Waals surface area contributed by atoms with Gasteiger partial charge in [-0.2, -0.15) is 0 Å². The van der Waals surface area contributed by atoms with Gasteiger partial charge in [-0.15, -0.1) is 0 Å². The molecule has 3 heteroatoms. The van der Waals surface area contributed by atoms with Gasteiger partial charge in [0, 0.05) is 5.41 Å².